The number of piperidine rings is 2. The molecule has 27 heavy (non-hydrogen) atoms. The lowest BCUT2D eigenvalue weighted by atomic mass is 10.0. The van der Waals surface area contributed by atoms with Gasteiger partial charge in [-0.05, 0) is 43.0 Å². The molecule has 8 heteroatoms. The highest BCUT2D eigenvalue weighted by atomic mass is 16.2. The summed E-state index contributed by atoms with van der Waals surface area (Å²) in [5.41, 5.74) is 1.46. The summed E-state index contributed by atoms with van der Waals surface area (Å²) in [6.07, 6.45) is 2.45. The predicted octanol–water partition coefficient (Wildman–Crippen LogP) is 0.600. The zero-order valence-electron chi connectivity index (χ0n) is 14.7. The molecule has 1 aromatic carbocycles. The fourth-order valence-electron chi connectivity index (χ4n) is 3.88. The maximum Gasteiger partial charge on any atom is 0.260 e. The Labute approximate surface area is 155 Å². The van der Waals surface area contributed by atoms with E-state index in [4.69, 9.17) is 0 Å². The molecule has 2 fully saturated rings. The van der Waals surface area contributed by atoms with E-state index in [1.54, 1.807) is 18.2 Å². The lowest BCUT2D eigenvalue weighted by molar-refractivity contribution is -0.137. The van der Waals surface area contributed by atoms with E-state index in [-0.39, 0.29) is 36.6 Å². The summed E-state index contributed by atoms with van der Waals surface area (Å²) >= 11 is 0. The quantitative estimate of drug-likeness (QED) is 0.769. The fraction of sp³-hybridized carbons (Fsp3) is 0.421. The summed E-state index contributed by atoms with van der Waals surface area (Å²) in [5, 5.41) is 2.26. The first-order valence-electron chi connectivity index (χ1n) is 9.08. The molecule has 1 N–H and O–H groups in total. The molecule has 140 valence electrons. The molecule has 3 heterocycles. The number of hydrogen-bond acceptors (Lipinski definition) is 5. The Morgan fingerprint density at radius 3 is 2.63 bits per heavy atom. The molecule has 1 aromatic rings. The van der Waals surface area contributed by atoms with Crippen LogP contribution in [-0.4, -0.2) is 51.9 Å². The van der Waals surface area contributed by atoms with Crippen LogP contribution in [0.4, 0.5) is 0 Å². The third-order valence-corrected chi connectivity index (χ3v) is 5.34. The van der Waals surface area contributed by atoms with Crippen LogP contribution in [0.25, 0.3) is 0 Å². The molecule has 0 saturated carbocycles. The predicted molar refractivity (Wildman–Crippen MR) is 92.4 cm³/mol. The van der Waals surface area contributed by atoms with Crippen molar-refractivity contribution in [3.63, 3.8) is 0 Å². The van der Waals surface area contributed by atoms with Crippen LogP contribution in [0.5, 0.6) is 0 Å². The van der Waals surface area contributed by atoms with Crippen molar-refractivity contribution < 1.29 is 24.0 Å². The van der Waals surface area contributed by atoms with Crippen LogP contribution in [0.2, 0.25) is 0 Å². The smallest absolute Gasteiger partial charge is 0.260 e. The number of amides is 5. The van der Waals surface area contributed by atoms with E-state index in [1.165, 1.54) is 9.80 Å². The topological polar surface area (TPSA) is 104 Å². The molecular formula is C19H19N3O5. The van der Waals surface area contributed by atoms with Crippen molar-refractivity contribution in [1.82, 2.24) is 15.1 Å². The summed E-state index contributed by atoms with van der Waals surface area (Å²) in [7, 11) is 0. The Bertz CT molecular complexity index is 878. The highest BCUT2D eigenvalue weighted by molar-refractivity contribution is 6.08. The van der Waals surface area contributed by atoms with Gasteiger partial charge in [0.05, 0.1) is 0 Å². The molecule has 2 saturated heterocycles. The van der Waals surface area contributed by atoms with Crippen molar-refractivity contribution in [3.05, 3.63) is 34.9 Å². The van der Waals surface area contributed by atoms with Crippen LogP contribution in [0.1, 0.15) is 58.4 Å². The lowest BCUT2D eigenvalue weighted by Crippen LogP contribution is -2.52. The Morgan fingerprint density at radius 2 is 1.89 bits per heavy atom. The highest BCUT2D eigenvalue weighted by Gasteiger charge is 2.39. The lowest BCUT2D eigenvalue weighted by Gasteiger charge is -2.29. The molecule has 0 radical (unpaired) electrons. The van der Waals surface area contributed by atoms with Crippen molar-refractivity contribution in [2.75, 3.05) is 6.54 Å². The first-order chi connectivity index (χ1) is 13.0. The van der Waals surface area contributed by atoms with E-state index in [9.17, 15) is 24.0 Å². The second-order valence-electron chi connectivity index (χ2n) is 7.08. The highest BCUT2D eigenvalue weighted by Crippen LogP contribution is 2.28. The second kappa shape index (κ2) is 6.61. The van der Waals surface area contributed by atoms with Gasteiger partial charge in [-0.2, -0.15) is 0 Å². The van der Waals surface area contributed by atoms with Crippen LogP contribution < -0.4 is 5.32 Å². The van der Waals surface area contributed by atoms with E-state index in [0.717, 1.165) is 12.8 Å². The Kier molecular flexibility index (Phi) is 4.25. The van der Waals surface area contributed by atoms with Crippen molar-refractivity contribution in [3.8, 4) is 0 Å². The largest absolute Gasteiger partial charge is 0.322 e. The van der Waals surface area contributed by atoms with Gasteiger partial charge >= 0.3 is 0 Å². The number of likely N-dealkylation sites (tertiary alicyclic amines) is 1. The molecule has 0 aromatic heterocycles. The fourth-order valence-corrected chi connectivity index (χ4v) is 3.88. The average Bonchev–Trinajstić information content (AvgIpc) is 2.97. The van der Waals surface area contributed by atoms with Crippen molar-refractivity contribution >= 4 is 29.5 Å². The van der Waals surface area contributed by atoms with Gasteiger partial charge in [-0.15, -0.1) is 0 Å². The van der Waals surface area contributed by atoms with Gasteiger partial charge in [0.25, 0.3) is 11.8 Å². The average molecular weight is 369 g/mol. The molecule has 1 unspecified atom stereocenters. The normalized spacial score (nSPS) is 22.7. The number of hydrogen-bond donors (Lipinski definition) is 1. The van der Waals surface area contributed by atoms with Crippen molar-refractivity contribution in [2.45, 2.75) is 44.7 Å². The minimum absolute atomic E-state index is 0.173. The van der Waals surface area contributed by atoms with Gasteiger partial charge in [-0.1, -0.05) is 0 Å². The molecule has 0 bridgehead atoms. The maximum atomic E-state index is 12.7. The molecular weight excluding hydrogens is 350 g/mol. The zero-order valence-corrected chi connectivity index (χ0v) is 14.7. The van der Waals surface area contributed by atoms with Crippen molar-refractivity contribution in [1.29, 1.82) is 0 Å². The first kappa shape index (κ1) is 17.4. The van der Waals surface area contributed by atoms with Gasteiger partial charge in [-0.3, -0.25) is 34.2 Å². The second-order valence-corrected chi connectivity index (χ2v) is 7.08. The molecule has 3 aliphatic heterocycles. The number of carbonyl (C=O) groups excluding carboxylic acids is 5. The molecule has 0 aliphatic carbocycles. The summed E-state index contributed by atoms with van der Waals surface area (Å²) in [5.74, 6) is -1.61. The monoisotopic (exact) mass is 369 g/mol. The molecule has 4 rings (SSSR count). The van der Waals surface area contributed by atoms with Gasteiger partial charge in [0.1, 0.15) is 6.04 Å². The van der Waals surface area contributed by atoms with Crippen molar-refractivity contribution in [2.24, 2.45) is 0 Å². The molecule has 3 aliphatic rings. The maximum absolute atomic E-state index is 12.7. The first-order valence-corrected chi connectivity index (χ1v) is 9.08. The molecule has 0 spiro atoms. The van der Waals surface area contributed by atoms with Gasteiger partial charge < -0.3 is 4.90 Å². The third-order valence-electron chi connectivity index (χ3n) is 5.34. The Hall–Kier alpha value is -3.03. The molecule has 5 amide bonds. The van der Waals surface area contributed by atoms with Crippen LogP contribution >= 0.6 is 0 Å². The SMILES string of the molecule is O=C1CCC(N2Cc3cc(C(=O)N4CCCCC4=O)ccc3C2=O)C(=O)N1. The third kappa shape index (κ3) is 3.01. The van der Waals surface area contributed by atoms with Crippen LogP contribution in [-0.2, 0) is 20.9 Å². The van der Waals surface area contributed by atoms with Crippen LogP contribution in [0, 0.1) is 0 Å². The number of imide groups is 2. The molecule has 8 nitrogen and oxygen atoms in total. The number of fused-ring (bicyclic) bond motifs is 1. The van der Waals surface area contributed by atoms with Crippen LogP contribution in [0.3, 0.4) is 0 Å². The van der Waals surface area contributed by atoms with Gasteiger partial charge in [0.15, 0.2) is 0 Å². The summed E-state index contributed by atoms with van der Waals surface area (Å²) < 4.78 is 0. The summed E-state index contributed by atoms with van der Waals surface area (Å²) in [6.45, 7) is 0.617. The number of carbonyl (C=O) groups is 5. The zero-order chi connectivity index (χ0) is 19.1. The number of rotatable bonds is 2. The Morgan fingerprint density at radius 1 is 1.07 bits per heavy atom. The minimum Gasteiger partial charge on any atom is -0.322 e. The Balaban J connectivity index is 1.56. The standard InChI is InChI=1S/C19H19N3O5/c23-15-7-6-14(17(25)20-15)22-10-12-9-11(4-5-13(12)19(22)27)18(26)21-8-2-1-3-16(21)24/h4-5,9,14H,1-3,6-8,10H2,(H,20,23,25). The molecule has 1 atom stereocenters. The summed E-state index contributed by atoms with van der Waals surface area (Å²) in [4.78, 5) is 63.4. The van der Waals surface area contributed by atoms with E-state index in [1.807, 2.05) is 0 Å². The van der Waals surface area contributed by atoms with E-state index >= 15 is 0 Å². The number of nitrogens with zero attached hydrogens (tertiary/aromatic N) is 2. The summed E-state index contributed by atoms with van der Waals surface area (Å²) in [6, 6.07) is 4.06. The van der Waals surface area contributed by atoms with Gasteiger partial charge in [0.2, 0.25) is 17.7 Å². The number of nitrogens with one attached hydrogen (secondary N) is 1. The van der Waals surface area contributed by atoms with E-state index in [2.05, 4.69) is 5.32 Å². The van der Waals surface area contributed by atoms with Gasteiger partial charge in [0, 0.05) is 37.1 Å². The van der Waals surface area contributed by atoms with Crippen LogP contribution in [0.15, 0.2) is 18.2 Å². The number of benzene rings is 1. The van der Waals surface area contributed by atoms with Gasteiger partial charge in [-0.25, -0.2) is 0 Å². The van der Waals surface area contributed by atoms with E-state index in [0.29, 0.717) is 36.1 Å². The minimum atomic E-state index is -0.689. The van der Waals surface area contributed by atoms with E-state index < -0.39 is 11.9 Å².